The van der Waals surface area contributed by atoms with Crippen LogP contribution < -0.4 is 10.1 Å². The van der Waals surface area contributed by atoms with Gasteiger partial charge in [0.15, 0.2) is 6.61 Å². The van der Waals surface area contributed by atoms with E-state index in [2.05, 4.69) is 5.32 Å². The summed E-state index contributed by atoms with van der Waals surface area (Å²) in [6, 6.07) is 9.98. The van der Waals surface area contributed by atoms with E-state index in [-0.39, 0.29) is 29.9 Å². The summed E-state index contributed by atoms with van der Waals surface area (Å²) >= 11 is 0. The highest BCUT2D eigenvalue weighted by atomic mass is 19.1. The summed E-state index contributed by atoms with van der Waals surface area (Å²) < 4.78 is 32.1. The lowest BCUT2D eigenvalue weighted by atomic mass is 10.1. The number of aliphatic carboxylic acids is 1. The van der Waals surface area contributed by atoms with Gasteiger partial charge in [-0.05, 0) is 53.8 Å². The molecule has 26 heavy (non-hydrogen) atoms. The minimum Gasteiger partial charge on any atom is -0.482 e. The zero-order valence-corrected chi connectivity index (χ0v) is 13.7. The molecule has 1 aliphatic rings. The Kier molecular flexibility index (Phi) is 5.16. The molecule has 0 heterocycles. The second-order valence-electron chi connectivity index (χ2n) is 6.16. The number of benzene rings is 2. The molecular formula is C19H17F2NO4. The fourth-order valence-electron chi connectivity index (χ4n) is 2.84. The lowest BCUT2D eigenvalue weighted by Crippen LogP contribution is -2.25. The first-order valence-corrected chi connectivity index (χ1v) is 8.10. The van der Waals surface area contributed by atoms with Crippen molar-refractivity contribution in [3.05, 3.63) is 65.2 Å². The van der Waals surface area contributed by atoms with Crippen LogP contribution in [0, 0.1) is 17.6 Å². The molecule has 0 radical (unpaired) electrons. The maximum absolute atomic E-state index is 13.8. The largest absolute Gasteiger partial charge is 0.482 e. The van der Waals surface area contributed by atoms with Crippen molar-refractivity contribution in [1.82, 2.24) is 5.32 Å². The molecule has 0 aromatic heterocycles. The van der Waals surface area contributed by atoms with Crippen LogP contribution in [0.5, 0.6) is 5.75 Å². The molecule has 136 valence electrons. The van der Waals surface area contributed by atoms with Crippen LogP contribution in [0.25, 0.3) is 0 Å². The van der Waals surface area contributed by atoms with E-state index < -0.39 is 24.2 Å². The van der Waals surface area contributed by atoms with Crippen molar-refractivity contribution in [2.75, 3.05) is 6.61 Å². The second kappa shape index (κ2) is 7.51. The molecule has 2 aromatic rings. The lowest BCUT2D eigenvalue weighted by molar-refractivity contribution is -0.139. The van der Waals surface area contributed by atoms with Crippen LogP contribution in [0.3, 0.4) is 0 Å². The van der Waals surface area contributed by atoms with Crippen molar-refractivity contribution >= 4 is 11.9 Å². The molecule has 0 bridgehead atoms. The third-order valence-electron chi connectivity index (χ3n) is 4.21. The quantitative estimate of drug-likeness (QED) is 0.795. The van der Waals surface area contributed by atoms with Gasteiger partial charge in [-0.2, -0.15) is 0 Å². The topological polar surface area (TPSA) is 75.6 Å². The molecule has 0 aliphatic heterocycles. The SMILES string of the molecule is O=C(O)COc1cccc(CNC(=O)C2CC2c2cc(F)ccc2F)c1. The predicted molar refractivity (Wildman–Crippen MR) is 88.6 cm³/mol. The smallest absolute Gasteiger partial charge is 0.341 e. The number of hydrogen-bond acceptors (Lipinski definition) is 3. The zero-order valence-electron chi connectivity index (χ0n) is 13.7. The third kappa shape index (κ3) is 4.36. The summed E-state index contributed by atoms with van der Waals surface area (Å²) in [5.41, 5.74) is 0.976. The van der Waals surface area contributed by atoms with Crippen molar-refractivity contribution in [1.29, 1.82) is 0 Å². The number of halogens is 2. The summed E-state index contributed by atoms with van der Waals surface area (Å²) in [5.74, 6) is -2.62. The number of carbonyl (C=O) groups excluding carboxylic acids is 1. The molecule has 1 aliphatic carbocycles. The summed E-state index contributed by atoms with van der Waals surface area (Å²) in [7, 11) is 0. The number of hydrogen-bond donors (Lipinski definition) is 2. The van der Waals surface area contributed by atoms with Crippen molar-refractivity contribution in [3.63, 3.8) is 0 Å². The first-order valence-electron chi connectivity index (χ1n) is 8.10. The summed E-state index contributed by atoms with van der Waals surface area (Å²) in [6.07, 6.45) is 0.480. The average Bonchev–Trinajstić information content (AvgIpc) is 3.41. The van der Waals surface area contributed by atoms with Crippen molar-refractivity contribution < 1.29 is 28.2 Å². The minimum atomic E-state index is -1.08. The van der Waals surface area contributed by atoms with Crippen molar-refractivity contribution in [2.45, 2.75) is 18.9 Å². The number of amides is 1. The third-order valence-corrected chi connectivity index (χ3v) is 4.21. The molecule has 7 heteroatoms. The molecule has 1 amide bonds. The molecule has 2 unspecified atom stereocenters. The van der Waals surface area contributed by atoms with Crippen LogP contribution in [0.4, 0.5) is 8.78 Å². The Morgan fingerprint density at radius 3 is 2.77 bits per heavy atom. The summed E-state index contributed by atoms with van der Waals surface area (Å²) in [6.45, 7) is -0.212. The van der Waals surface area contributed by atoms with E-state index in [1.54, 1.807) is 24.3 Å². The Morgan fingerprint density at radius 1 is 1.19 bits per heavy atom. The first-order chi connectivity index (χ1) is 12.4. The number of nitrogens with one attached hydrogen (secondary N) is 1. The van der Waals surface area contributed by atoms with Gasteiger partial charge in [0.25, 0.3) is 0 Å². The van der Waals surface area contributed by atoms with Crippen molar-refractivity contribution in [3.8, 4) is 5.75 Å². The van der Waals surface area contributed by atoms with E-state index in [9.17, 15) is 18.4 Å². The average molecular weight is 361 g/mol. The van der Waals surface area contributed by atoms with E-state index >= 15 is 0 Å². The highest BCUT2D eigenvalue weighted by Gasteiger charge is 2.45. The molecule has 3 rings (SSSR count). The molecule has 1 saturated carbocycles. The van der Waals surface area contributed by atoms with E-state index in [0.29, 0.717) is 12.2 Å². The normalized spacial score (nSPS) is 18.2. The molecule has 2 aromatic carbocycles. The van der Waals surface area contributed by atoms with Gasteiger partial charge in [0, 0.05) is 12.5 Å². The van der Waals surface area contributed by atoms with Crippen LogP contribution in [-0.2, 0) is 16.1 Å². The highest BCUT2D eigenvalue weighted by Crippen LogP contribution is 2.48. The van der Waals surface area contributed by atoms with Gasteiger partial charge in [0.05, 0.1) is 0 Å². The van der Waals surface area contributed by atoms with Gasteiger partial charge in [0.1, 0.15) is 17.4 Å². The van der Waals surface area contributed by atoms with Crippen molar-refractivity contribution in [2.24, 2.45) is 5.92 Å². The Morgan fingerprint density at radius 2 is 2.00 bits per heavy atom. The molecule has 2 N–H and O–H groups in total. The highest BCUT2D eigenvalue weighted by molar-refractivity contribution is 5.82. The van der Waals surface area contributed by atoms with Crippen LogP contribution in [0.15, 0.2) is 42.5 Å². The number of carbonyl (C=O) groups is 2. The van der Waals surface area contributed by atoms with Gasteiger partial charge < -0.3 is 15.2 Å². The fourth-order valence-corrected chi connectivity index (χ4v) is 2.84. The van der Waals surface area contributed by atoms with Gasteiger partial charge in [0.2, 0.25) is 5.91 Å². The molecule has 2 atom stereocenters. The van der Waals surface area contributed by atoms with Crippen LogP contribution in [-0.4, -0.2) is 23.6 Å². The molecule has 5 nitrogen and oxygen atoms in total. The number of carboxylic acids is 1. The Balaban J connectivity index is 1.54. The Bertz CT molecular complexity index is 840. The second-order valence-corrected chi connectivity index (χ2v) is 6.16. The van der Waals surface area contributed by atoms with Gasteiger partial charge in [-0.1, -0.05) is 12.1 Å². The van der Waals surface area contributed by atoms with Gasteiger partial charge in [-0.15, -0.1) is 0 Å². The van der Waals surface area contributed by atoms with Crippen LogP contribution in [0.1, 0.15) is 23.5 Å². The number of ether oxygens (including phenoxy) is 1. The summed E-state index contributed by atoms with van der Waals surface area (Å²) in [5, 5.41) is 11.4. The molecule has 1 fully saturated rings. The number of carboxylic acid groups (broad SMARTS) is 1. The van der Waals surface area contributed by atoms with Gasteiger partial charge >= 0.3 is 5.97 Å². The van der Waals surface area contributed by atoms with Crippen LogP contribution >= 0.6 is 0 Å². The van der Waals surface area contributed by atoms with E-state index in [1.165, 1.54) is 0 Å². The maximum atomic E-state index is 13.8. The zero-order chi connectivity index (χ0) is 18.7. The van der Waals surface area contributed by atoms with E-state index in [1.807, 2.05) is 0 Å². The van der Waals surface area contributed by atoms with Gasteiger partial charge in [-0.25, -0.2) is 13.6 Å². The first kappa shape index (κ1) is 17.8. The monoisotopic (exact) mass is 361 g/mol. The van der Waals surface area contributed by atoms with E-state index in [0.717, 1.165) is 23.8 Å². The fraction of sp³-hybridized carbons (Fsp3) is 0.263. The number of rotatable bonds is 7. The Labute approximate surface area is 148 Å². The summed E-state index contributed by atoms with van der Waals surface area (Å²) in [4.78, 5) is 22.7. The molecule has 0 spiro atoms. The lowest BCUT2D eigenvalue weighted by Gasteiger charge is -2.08. The van der Waals surface area contributed by atoms with E-state index in [4.69, 9.17) is 9.84 Å². The van der Waals surface area contributed by atoms with Gasteiger partial charge in [-0.3, -0.25) is 4.79 Å². The minimum absolute atomic E-state index is 0.226. The van der Waals surface area contributed by atoms with Crippen LogP contribution in [0.2, 0.25) is 0 Å². The molecular weight excluding hydrogens is 344 g/mol. The maximum Gasteiger partial charge on any atom is 0.341 e. The molecule has 0 saturated heterocycles. The predicted octanol–water partition coefficient (Wildman–Crippen LogP) is 2.85. The standard InChI is InChI=1S/C19H17F2NO4/c20-12-4-5-17(21)15(7-12)14-8-16(14)19(25)22-9-11-2-1-3-13(6-11)26-10-18(23)24/h1-7,14,16H,8-10H2,(H,22,25)(H,23,24). The Hall–Kier alpha value is -2.96.